The highest BCUT2D eigenvalue weighted by atomic mass is 32.2. The molecule has 0 aliphatic carbocycles. The summed E-state index contributed by atoms with van der Waals surface area (Å²) in [7, 11) is -3.47. The van der Waals surface area contributed by atoms with Gasteiger partial charge in [-0.25, -0.2) is 8.42 Å². The number of para-hydroxylation sites is 1. The fraction of sp³-hybridized carbons (Fsp3) is 0.381. The molecule has 1 amide bonds. The first kappa shape index (κ1) is 19.4. The average molecular weight is 387 g/mol. The summed E-state index contributed by atoms with van der Waals surface area (Å²) in [6.07, 6.45) is 2.17. The summed E-state index contributed by atoms with van der Waals surface area (Å²) < 4.78 is 25.9. The van der Waals surface area contributed by atoms with Gasteiger partial charge in [0, 0.05) is 25.2 Å². The lowest BCUT2D eigenvalue weighted by Crippen LogP contribution is -2.36. The summed E-state index contributed by atoms with van der Waals surface area (Å²) in [5.41, 5.74) is 3.85. The van der Waals surface area contributed by atoms with Gasteiger partial charge in [0.05, 0.1) is 11.9 Å². The average Bonchev–Trinajstić information content (AvgIpc) is 3.05. The highest BCUT2D eigenvalue weighted by Crippen LogP contribution is 2.28. The maximum Gasteiger partial charge on any atom is 0.232 e. The third-order valence-corrected chi connectivity index (χ3v) is 6.16. The van der Waals surface area contributed by atoms with E-state index in [4.69, 9.17) is 0 Å². The summed E-state index contributed by atoms with van der Waals surface area (Å²) in [6.45, 7) is 4.98. The van der Waals surface area contributed by atoms with Gasteiger partial charge in [-0.1, -0.05) is 44.2 Å². The van der Waals surface area contributed by atoms with Crippen LogP contribution in [0, 0.1) is 0 Å². The number of amides is 1. The van der Waals surface area contributed by atoms with Crippen molar-refractivity contribution in [2.45, 2.75) is 32.6 Å². The highest BCUT2D eigenvalue weighted by Gasteiger charge is 2.26. The number of rotatable bonds is 6. The molecule has 3 rings (SSSR count). The minimum absolute atomic E-state index is 0.0487. The van der Waals surface area contributed by atoms with Crippen LogP contribution in [0.15, 0.2) is 48.5 Å². The summed E-state index contributed by atoms with van der Waals surface area (Å²) in [6, 6.07) is 15.4. The second kappa shape index (κ2) is 7.72. The first-order chi connectivity index (χ1) is 12.8. The van der Waals surface area contributed by atoms with Crippen molar-refractivity contribution in [1.29, 1.82) is 0 Å². The number of benzene rings is 2. The normalized spacial score (nSPS) is 13.7. The molecule has 0 aromatic heterocycles. The number of sulfonamides is 1. The van der Waals surface area contributed by atoms with Gasteiger partial charge in [-0.15, -0.1) is 0 Å². The van der Waals surface area contributed by atoms with E-state index < -0.39 is 10.0 Å². The lowest BCUT2D eigenvalue weighted by atomic mass is 10.0. The zero-order chi connectivity index (χ0) is 19.6. The van der Waals surface area contributed by atoms with E-state index in [-0.39, 0.29) is 18.9 Å². The molecule has 27 heavy (non-hydrogen) atoms. The van der Waals surface area contributed by atoms with Gasteiger partial charge in [0.1, 0.15) is 0 Å². The molecule has 2 aromatic rings. The van der Waals surface area contributed by atoms with Crippen molar-refractivity contribution < 1.29 is 13.2 Å². The van der Waals surface area contributed by atoms with Crippen molar-refractivity contribution in [1.82, 2.24) is 0 Å². The lowest BCUT2D eigenvalue weighted by Gasteiger charge is -2.24. The van der Waals surface area contributed by atoms with Crippen molar-refractivity contribution in [2.75, 3.05) is 28.6 Å². The van der Waals surface area contributed by atoms with Crippen LogP contribution < -0.4 is 9.21 Å². The van der Waals surface area contributed by atoms with Crippen molar-refractivity contribution in [3.8, 4) is 0 Å². The number of nitrogens with zero attached hydrogens (tertiary/aromatic N) is 2. The van der Waals surface area contributed by atoms with E-state index in [1.165, 1.54) is 10.6 Å². The van der Waals surface area contributed by atoms with Crippen LogP contribution in [0.25, 0.3) is 0 Å². The predicted molar refractivity (Wildman–Crippen MR) is 110 cm³/mol. The number of fused-ring (bicyclic) bond motifs is 1. The molecule has 0 N–H and O–H groups in total. The third-order valence-electron chi connectivity index (χ3n) is 4.97. The molecule has 0 fully saturated rings. The first-order valence-corrected chi connectivity index (χ1v) is 11.1. The molecule has 144 valence electrons. The van der Waals surface area contributed by atoms with Gasteiger partial charge < -0.3 is 4.90 Å². The van der Waals surface area contributed by atoms with Crippen LogP contribution in [0.2, 0.25) is 0 Å². The van der Waals surface area contributed by atoms with E-state index in [1.54, 1.807) is 4.90 Å². The smallest absolute Gasteiger partial charge is 0.232 e. The first-order valence-electron chi connectivity index (χ1n) is 9.23. The van der Waals surface area contributed by atoms with Gasteiger partial charge in [-0.05, 0) is 41.7 Å². The molecule has 0 radical (unpaired) electrons. The summed E-state index contributed by atoms with van der Waals surface area (Å²) in [5, 5.41) is 0. The predicted octanol–water partition coefficient (Wildman–Crippen LogP) is 3.56. The number of hydrogen-bond acceptors (Lipinski definition) is 3. The van der Waals surface area contributed by atoms with E-state index in [1.807, 2.05) is 48.5 Å². The molecular formula is C21H26N2O3S. The Morgan fingerprint density at radius 1 is 1.11 bits per heavy atom. The van der Waals surface area contributed by atoms with Gasteiger partial charge >= 0.3 is 0 Å². The molecule has 0 atom stereocenters. The number of carbonyl (C=O) groups excluding carboxylic acids is 1. The molecule has 0 unspecified atom stereocenters. The van der Waals surface area contributed by atoms with Crippen molar-refractivity contribution in [3.63, 3.8) is 0 Å². The van der Waals surface area contributed by atoms with Crippen LogP contribution in [0.5, 0.6) is 0 Å². The van der Waals surface area contributed by atoms with Crippen LogP contribution in [-0.2, 0) is 21.2 Å². The number of carbonyl (C=O) groups is 1. The molecule has 5 nitrogen and oxygen atoms in total. The topological polar surface area (TPSA) is 57.7 Å². The van der Waals surface area contributed by atoms with Crippen LogP contribution in [0.4, 0.5) is 11.4 Å². The fourth-order valence-electron chi connectivity index (χ4n) is 3.44. The van der Waals surface area contributed by atoms with Gasteiger partial charge in [0.15, 0.2) is 0 Å². The Bertz CT molecular complexity index is 921. The Hall–Kier alpha value is -2.34. The van der Waals surface area contributed by atoms with E-state index >= 15 is 0 Å². The van der Waals surface area contributed by atoms with Gasteiger partial charge in [0.2, 0.25) is 15.9 Å². The molecule has 1 aliphatic heterocycles. The minimum atomic E-state index is -3.47. The zero-order valence-corrected chi connectivity index (χ0v) is 16.9. The van der Waals surface area contributed by atoms with Crippen LogP contribution in [0.3, 0.4) is 0 Å². The SMILES string of the molecule is CC(C)c1ccc(N(CCC(=O)N2CCc3ccccc32)S(C)(=O)=O)cc1. The Kier molecular flexibility index (Phi) is 5.56. The monoisotopic (exact) mass is 386 g/mol. The molecule has 6 heteroatoms. The zero-order valence-electron chi connectivity index (χ0n) is 16.1. The number of anilines is 2. The Labute approximate surface area is 161 Å². The molecule has 1 heterocycles. The largest absolute Gasteiger partial charge is 0.312 e. The molecule has 0 saturated heterocycles. The van der Waals surface area contributed by atoms with E-state index in [2.05, 4.69) is 13.8 Å². The van der Waals surface area contributed by atoms with Crippen LogP contribution in [0.1, 0.15) is 37.3 Å². The van der Waals surface area contributed by atoms with Gasteiger partial charge in [-0.3, -0.25) is 9.10 Å². The lowest BCUT2D eigenvalue weighted by molar-refractivity contribution is -0.118. The van der Waals surface area contributed by atoms with E-state index in [9.17, 15) is 13.2 Å². The van der Waals surface area contributed by atoms with Gasteiger partial charge in [-0.2, -0.15) is 0 Å². The summed E-state index contributed by atoms with van der Waals surface area (Å²) in [5.74, 6) is 0.329. The highest BCUT2D eigenvalue weighted by molar-refractivity contribution is 7.92. The summed E-state index contributed by atoms with van der Waals surface area (Å²) in [4.78, 5) is 14.5. The van der Waals surface area contributed by atoms with Crippen LogP contribution in [-0.4, -0.2) is 33.7 Å². The van der Waals surface area contributed by atoms with Crippen molar-refractivity contribution in [2.24, 2.45) is 0 Å². The Balaban J connectivity index is 1.74. The second-order valence-electron chi connectivity index (χ2n) is 7.26. The standard InChI is InChI=1S/C21H26N2O3S/c1-16(2)17-8-10-19(11-9-17)23(27(3,25)26)15-13-21(24)22-14-12-18-6-4-5-7-20(18)22/h4-11,16H,12-15H2,1-3H3. The van der Waals surface area contributed by atoms with Crippen LogP contribution >= 0.6 is 0 Å². The summed E-state index contributed by atoms with van der Waals surface area (Å²) >= 11 is 0. The molecule has 0 spiro atoms. The quantitative estimate of drug-likeness (QED) is 0.763. The Morgan fingerprint density at radius 2 is 1.78 bits per heavy atom. The van der Waals surface area contributed by atoms with E-state index in [0.717, 1.165) is 23.2 Å². The number of hydrogen-bond donors (Lipinski definition) is 0. The van der Waals surface area contributed by atoms with Crippen molar-refractivity contribution >= 4 is 27.3 Å². The Morgan fingerprint density at radius 3 is 2.41 bits per heavy atom. The maximum absolute atomic E-state index is 12.7. The molecule has 2 aromatic carbocycles. The third kappa shape index (κ3) is 4.33. The molecule has 0 bridgehead atoms. The second-order valence-corrected chi connectivity index (χ2v) is 9.16. The van der Waals surface area contributed by atoms with E-state index in [0.29, 0.717) is 18.2 Å². The van der Waals surface area contributed by atoms with Crippen molar-refractivity contribution in [3.05, 3.63) is 59.7 Å². The molecule has 0 saturated carbocycles. The minimum Gasteiger partial charge on any atom is -0.312 e. The molecular weight excluding hydrogens is 360 g/mol. The van der Waals surface area contributed by atoms with Gasteiger partial charge in [0.25, 0.3) is 0 Å². The maximum atomic E-state index is 12.7. The fourth-order valence-corrected chi connectivity index (χ4v) is 4.37. The molecule has 1 aliphatic rings.